The molecule has 0 bridgehead atoms. The second-order valence-electron chi connectivity index (χ2n) is 5.97. The molecule has 5 heteroatoms. The van der Waals surface area contributed by atoms with Crippen LogP contribution in [0.4, 0.5) is 0 Å². The normalized spacial score (nSPS) is 25.6. The van der Waals surface area contributed by atoms with Crippen LogP contribution in [-0.4, -0.2) is 49.2 Å². The fraction of sp³-hybridized carbons (Fsp3) is 0.529. The quantitative estimate of drug-likeness (QED) is 0.919. The third kappa shape index (κ3) is 3.29. The van der Waals surface area contributed by atoms with Crippen molar-refractivity contribution >= 4 is 5.91 Å². The van der Waals surface area contributed by atoms with Crippen LogP contribution in [-0.2, 0) is 4.74 Å². The van der Waals surface area contributed by atoms with Gasteiger partial charge in [0.25, 0.3) is 5.91 Å². The van der Waals surface area contributed by atoms with Gasteiger partial charge in [-0.1, -0.05) is 12.5 Å². The number of hydrogen-bond donors (Lipinski definition) is 1. The number of piperidine rings is 1. The van der Waals surface area contributed by atoms with Crippen LogP contribution in [0, 0.1) is 11.3 Å². The van der Waals surface area contributed by atoms with Gasteiger partial charge < -0.3 is 10.1 Å². The highest BCUT2D eigenvalue weighted by atomic mass is 16.5. The Hall–Kier alpha value is -1.90. The zero-order valence-corrected chi connectivity index (χ0v) is 12.6. The molecule has 22 heavy (non-hydrogen) atoms. The van der Waals surface area contributed by atoms with Crippen LogP contribution in [0.3, 0.4) is 0 Å². The zero-order chi connectivity index (χ0) is 15.4. The molecule has 1 amide bonds. The Morgan fingerprint density at radius 3 is 2.86 bits per heavy atom. The van der Waals surface area contributed by atoms with Crippen LogP contribution in [0.5, 0.6) is 0 Å². The van der Waals surface area contributed by atoms with E-state index in [4.69, 9.17) is 10.00 Å². The molecule has 0 unspecified atom stereocenters. The van der Waals surface area contributed by atoms with E-state index in [0.717, 1.165) is 13.1 Å². The number of carbonyl (C=O) groups excluding carboxylic acids is 1. The first kappa shape index (κ1) is 15.0. The smallest absolute Gasteiger partial charge is 0.251 e. The number of benzene rings is 1. The molecule has 2 heterocycles. The van der Waals surface area contributed by atoms with Gasteiger partial charge in [0.2, 0.25) is 0 Å². The number of carbonyl (C=O) groups is 1. The maximum atomic E-state index is 12.4. The van der Waals surface area contributed by atoms with Crippen molar-refractivity contribution in [2.24, 2.45) is 0 Å². The maximum Gasteiger partial charge on any atom is 0.251 e. The second-order valence-corrected chi connectivity index (χ2v) is 5.97. The Labute approximate surface area is 130 Å². The van der Waals surface area contributed by atoms with Gasteiger partial charge in [0.1, 0.15) is 0 Å². The Morgan fingerprint density at radius 2 is 2.09 bits per heavy atom. The minimum atomic E-state index is -0.130. The zero-order valence-electron chi connectivity index (χ0n) is 12.6. The SMILES string of the molecule is N#Cc1cccc(C(=O)N[C@@H]2COC[C@H]2N2CCCCC2)c1. The van der Waals surface area contributed by atoms with Gasteiger partial charge in [0.05, 0.1) is 36.9 Å². The van der Waals surface area contributed by atoms with Crippen molar-refractivity contribution in [2.45, 2.75) is 31.3 Å². The standard InChI is InChI=1S/C17H21N3O2/c18-10-13-5-4-6-14(9-13)17(21)19-15-11-22-12-16(15)20-7-2-1-3-8-20/h4-6,9,15-16H,1-3,7-8,11-12H2,(H,19,21)/t15-,16-/m1/s1. The summed E-state index contributed by atoms with van der Waals surface area (Å²) >= 11 is 0. The van der Waals surface area contributed by atoms with Crippen LogP contribution in [0.15, 0.2) is 24.3 Å². The van der Waals surface area contributed by atoms with Crippen molar-refractivity contribution < 1.29 is 9.53 Å². The fourth-order valence-electron chi connectivity index (χ4n) is 3.27. The first-order chi connectivity index (χ1) is 10.8. The average Bonchev–Trinajstić information content (AvgIpc) is 3.04. The summed E-state index contributed by atoms with van der Waals surface area (Å²) in [6.07, 6.45) is 3.74. The molecule has 0 radical (unpaired) electrons. The third-order valence-electron chi connectivity index (χ3n) is 4.48. The van der Waals surface area contributed by atoms with Gasteiger partial charge >= 0.3 is 0 Å². The Kier molecular flexibility index (Phi) is 4.71. The van der Waals surface area contributed by atoms with Gasteiger partial charge in [-0.3, -0.25) is 9.69 Å². The number of hydrogen-bond acceptors (Lipinski definition) is 4. The molecule has 2 atom stereocenters. The van der Waals surface area contributed by atoms with E-state index in [1.54, 1.807) is 24.3 Å². The van der Waals surface area contributed by atoms with Crippen LogP contribution in [0.25, 0.3) is 0 Å². The van der Waals surface area contributed by atoms with E-state index in [2.05, 4.69) is 16.3 Å². The molecular formula is C17H21N3O2. The molecule has 116 valence electrons. The lowest BCUT2D eigenvalue weighted by Crippen LogP contribution is -2.52. The number of amides is 1. The van der Waals surface area contributed by atoms with E-state index in [1.807, 2.05) is 0 Å². The molecule has 1 N–H and O–H groups in total. The molecule has 3 rings (SSSR count). The van der Waals surface area contributed by atoms with Crippen molar-refractivity contribution in [1.82, 2.24) is 10.2 Å². The molecule has 0 spiro atoms. The first-order valence-electron chi connectivity index (χ1n) is 7.91. The topological polar surface area (TPSA) is 65.4 Å². The number of nitrogens with zero attached hydrogens (tertiary/aromatic N) is 2. The van der Waals surface area contributed by atoms with Crippen molar-refractivity contribution in [1.29, 1.82) is 5.26 Å². The molecular weight excluding hydrogens is 278 g/mol. The summed E-state index contributed by atoms with van der Waals surface area (Å²) < 4.78 is 5.60. The van der Waals surface area contributed by atoms with Gasteiger partial charge in [0.15, 0.2) is 0 Å². The largest absolute Gasteiger partial charge is 0.378 e. The molecule has 1 aromatic carbocycles. The highest BCUT2D eigenvalue weighted by Gasteiger charge is 2.34. The summed E-state index contributed by atoms with van der Waals surface area (Å²) in [5.41, 5.74) is 1.03. The van der Waals surface area contributed by atoms with E-state index in [1.165, 1.54) is 19.3 Å². The van der Waals surface area contributed by atoms with Crippen LogP contribution >= 0.6 is 0 Å². The Morgan fingerprint density at radius 1 is 1.27 bits per heavy atom. The lowest BCUT2D eigenvalue weighted by molar-refractivity contribution is 0.0900. The van der Waals surface area contributed by atoms with Crippen molar-refractivity contribution in [3.63, 3.8) is 0 Å². The second kappa shape index (κ2) is 6.91. The Bertz CT molecular complexity index is 576. The lowest BCUT2D eigenvalue weighted by atomic mass is 10.0. The average molecular weight is 299 g/mol. The highest BCUT2D eigenvalue weighted by Crippen LogP contribution is 2.19. The molecule has 2 aliphatic rings. The summed E-state index contributed by atoms with van der Waals surface area (Å²) in [5.74, 6) is -0.130. The number of nitrogens with one attached hydrogen (secondary N) is 1. The molecule has 0 saturated carbocycles. The number of nitriles is 1. The predicted octanol–water partition coefficient (Wildman–Crippen LogP) is 1.54. The molecule has 0 aliphatic carbocycles. The van der Waals surface area contributed by atoms with E-state index in [9.17, 15) is 4.79 Å². The molecule has 1 aromatic rings. The Balaban J connectivity index is 1.65. The van der Waals surface area contributed by atoms with Crippen molar-refractivity contribution in [3.8, 4) is 6.07 Å². The lowest BCUT2D eigenvalue weighted by Gasteiger charge is -2.34. The molecule has 5 nitrogen and oxygen atoms in total. The first-order valence-corrected chi connectivity index (χ1v) is 7.91. The molecule has 0 aromatic heterocycles. The predicted molar refractivity (Wildman–Crippen MR) is 82.4 cm³/mol. The maximum absolute atomic E-state index is 12.4. The van der Waals surface area contributed by atoms with Crippen LogP contribution in [0.1, 0.15) is 35.2 Å². The van der Waals surface area contributed by atoms with E-state index >= 15 is 0 Å². The summed E-state index contributed by atoms with van der Waals surface area (Å²) in [6.45, 7) is 3.42. The molecule has 2 aliphatic heterocycles. The third-order valence-corrected chi connectivity index (χ3v) is 4.48. The van der Waals surface area contributed by atoms with Crippen molar-refractivity contribution in [2.75, 3.05) is 26.3 Å². The van der Waals surface area contributed by atoms with Crippen molar-refractivity contribution in [3.05, 3.63) is 35.4 Å². The summed E-state index contributed by atoms with van der Waals surface area (Å²) in [5, 5.41) is 12.0. The van der Waals surface area contributed by atoms with E-state index in [-0.39, 0.29) is 18.0 Å². The van der Waals surface area contributed by atoms with Gasteiger partial charge in [-0.25, -0.2) is 0 Å². The minimum Gasteiger partial charge on any atom is -0.378 e. The molecule has 2 saturated heterocycles. The van der Waals surface area contributed by atoms with Crippen LogP contribution < -0.4 is 5.32 Å². The van der Waals surface area contributed by atoms with E-state index < -0.39 is 0 Å². The van der Waals surface area contributed by atoms with Gasteiger partial charge in [-0.2, -0.15) is 5.26 Å². The number of ether oxygens (including phenoxy) is 1. The highest BCUT2D eigenvalue weighted by molar-refractivity contribution is 5.94. The monoisotopic (exact) mass is 299 g/mol. The number of likely N-dealkylation sites (tertiary alicyclic amines) is 1. The van der Waals surface area contributed by atoms with Gasteiger partial charge in [0, 0.05) is 5.56 Å². The fourth-order valence-corrected chi connectivity index (χ4v) is 3.27. The summed E-state index contributed by atoms with van der Waals surface area (Å²) in [7, 11) is 0. The minimum absolute atomic E-state index is 0.0244. The van der Waals surface area contributed by atoms with Gasteiger partial charge in [-0.05, 0) is 44.1 Å². The van der Waals surface area contributed by atoms with E-state index in [0.29, 0.717) is 24.3 Å². The molecule has 2 fully saturated rings. The summed E-state index contributed by atoms with van der Waals surface area (Å²) in [6, 6.07) is 9.16. The van der Waals surface area contributed by atoms with Crippen LogP contribution in [0.2, 0.25) is 0 Å². The number of rotatable bonds is 3. The van der Waals surface area contributed by atoms with Gasteiger partial charge in [-0.15, -0.1) is 0 Å². The summed E-state index contributed by atoms with van der Waals surface area (Å²) in [4.78, 5) is 14.8.